The molecule has 1 aliphatic carbocycles. The number of methoxy groups -OCH3 is 1. The van der Waals surface area contributed by atoms with Crippen molar-refractivity contribution >= 4 is 22.3 Å². The minimum atomic E-state index is -0.328. The van der Waals surface area contributed by atoms with Crippen LogP contribution in [0.25, 0.3) is 11.0 Å². The number of ether oxygens (including phenoxy) is 1. The third-order valence-electron chi connectivity index (χ3n) is 5.34. The number of nitrogens with one attached hydrogen (secondary N) is 1. The maximum atomic E-state index is 12.2. The summed E-state index contributed by atoms with van der Waals surface area (Å²) in [6, 6.07) is 13.4. The van der Waals surface area contributed by atoms with Crippen molar-refractivity contribution < 1.29 is 9.15 Å². The average molecular weight is 349 g/mol. The fraction of sp³-hybridized carbons (Fsp3) is 0.318. The number of rotatable bonds is 3. The molecule has 0 fully saturated rings. The van der Waals surface area contributed by atoms with Crippen molar-refractivity contribution in [1.82, 2.24) is 0 Å². The quantitative estimate of drug-likeness (QED) is 0.664. The Labute approximate surface area is 152 Å². The van der Waals surface area contributed by atoms with Gasteiger partial charge >= 0.3 is 5.63 Å². The van der Waals surface area contributed by atoms with E-state index in [1.807, 2.05) is 24.3 Å². The molecule has 0 bridgehead atoms. The van der Waals surface area contributed by atoms with Crippen LogP contribution in [0.5, 0.6) is 5.75 Å². The topological polar surface area (TPSA) is 51.5 Å². The van der Waals surface area contributed by atoms with Gasteiger partial charge in [-0.2, -0.15) is 0 Å². The van der Waals surface area contributed by atoms with Crippen molar-refractivity contribution in [2.45, 2.75) is 38.5 Å². The van der Waals surface area contributed by atoms with E-state index in [1.54, 1.807) is 7.11 Å². The van der Waals surface area contributed by atoms with Gasteiger partial charge in [-0.25, -0.2) is 4.79 Å². The molecule has 0 radical (unpaired) electrons. The highest BCUT2D eigenvalue weighted by atomic mass is 16.5. The predicted molar refractivity (Wildman–Crippen MR) is 105 cm³/mol. The summed E-state index contributed by atoms with van der Waals surface area (Å²) in [6.07, 6.45) is 3.21. The molecule has 1 aliphatic rings. The van der Waals surface area contributed by atoms with Gasteiger partial charge in [0, 0.05) is 17.1 Å². The summed E-state index contributed by atoms with van der Waals surface area (Å²) in [5.74, 6) is 0.796. The Morgan fingerprint density at radius 2 is 1.88 bits per heavy atom. The van der Waals surface area contributed by atoms with Gasteiger partial charge in [0.05, 0.1) is 12.8 Å². The second kappa shape index (κ2) is 6.20. The van der Waals surface area contributed by atoms with Crippen molar-refractivity contribution in [3.63, 3.8) is 0 Å². The summed E-state index contributed by atoms with van der Waals surface area (Å²) in [4.78, 5) is 12.2. The van der Waals surface area contributed by atoms with Crippen molar-refractivity contribution in [2.24, 2.45) is 0 Å². The van der Waals surface area contributed by atoms with E-state index < -0.39 is 0 Å². The molecule has 4 nitrogen and oxygen atoms in total. The number of hydrogen-bond donors (Lipinski definition) is 1. The van der Waals surface area contributed by atoms with Gasteiger partial charge in [-0.15, -0.1) is 0 Å². The zero-order chi connectivity index (χ0) is 18.3. The molecular weight excluding hydrogens is 326 g/mol. The van der Waals surface area contributed by atoms with E-state index in [2.05, 4.69) is 31.3 Å². The van der Waals surface area contributed by atoms with Crippen LogP contribution in [0.1, 0.15) is 37.8 Å². The largest absolute Gasteiger partial charge is 0.497 e. The van der Waals surface area contributed by atoms with Gasteiger partial charge in [-0.1, -0.05) is 19.9 Å². The Kier molecular flexibility index (Phi) is 3.98. The van der Waals surface area contributed by atoms with Crippen molar-refractivity contribution in [1.29, 1.82) is 0 Å². The van der Waals surface area contributed by atoms with Crippen LogP contribution in [0.15, 0.2) is 51.7 Å². The Morgan fingerprint density at radius 1 is 1.12 bits per heavy atom. The van der Waals surface area contributed by atoms with Gasteiger partial charge in [0.15, 0.2) is 0 Å². The average Bonchev–Trinajstić information content (AvgIpc) is 2.62. The fourth-order valence-electron chi connectivity index (χ4n) is 3.94. The number of anilines is 2. The Hall–Kier alpha value is -2.75. The minimum Gasteiger partial charge on any atom is -0.497 e. The minimum absolute atomic E-state index is 0.111. The number of hydrogen-bond acceptors (Lipinski definition) is 4. The normalized spacial score (nSPS) is 15.5. The van der Waals surface area contributed by atoms with Gasteiger partial charge in [-0.05, 0) is 66.1 Å². The summed E-state index contributed by atoms with van der Waals surface area (Å²) in [5.41, 5.74) is 4.64. The summed E-state index contributed by atoms with van der Waals surface area (Å²) in [5, 5.41) is 4.29. The molecule has 1 N–H and O–H groups in total. The lowest BCUT2D eigenvalue weighted by molar-refractivity contribution is 0.415. The van der Waals surface area contributed by atoms with Gasteiger partial charge in [0.1, 0.15) is 11.3 Å². The van der Waals surface area contributed by atoms with Crippen LogP contribution >= 0.6 is 0 Å². The zero-order valence-electron chi connectivity index (χ0n) is 15.4. The Balaban J connectivity index is 1.84. The van der Waals surface area contributed by atoms with Crippen molar-refractivity contribution in [3.05, 3.63) is 64.0 Å². The molecule has 2 aromatic carbocycles. The molecule has 0 aliphatic heterocycles. The molecule has 134 valence electrons. The van der Waals surface area contributed by atoms with Gasteiger partial charge in [-0.3, -0.25) is 0 Å². The summed E-state index contributed by atoms with van der Waals surface area (Å²) >= 11 is 0. The highest BCUT2D eigenvalue weighted by Gasteiger charge is 2.29. The lowest BCUT2D eigenvalue weighted by atomic mass is 9.72. The second-order valence-corrected chi connectivity index (χ2v) is 7.54. The molecule has 0 unspecified atom stereocenters. The Bertz CT molecular complexity index is 1020. The third kappa shape index (κ3) is 2.85. The van der Waals surface area contributed by atoms with Gasteiger partial charge in [0.25, 0.3) is 0 Å². The molecule has 0 saturated heterocycles. The first-order valence-electron chi connectivity index (χ1n) is 8.99. The predicted octanol–water partition coefficient (Wildman–Crippen LogP) is 5.16. The lowest BCUT2D eigenvalue weighted by Crippen LogP contribution is -2.24. The molecule has 1 heterocycles. The monoisotopic (exact) mass is 349 g/mol. The smallest absolute Gasteiger partial charge is 0.338 e. The molecule has 4 rings (SSSR count). The maximum Gasteiger partial charge on any atom is 0.338 e. The third-order valence-corrected chi connectivity index (χ3v) is 5.34. The zero-order valence-corrected chi connectivity index (χ0v) is 15.4. The van der Waals surface area contributed by atoms with Gasteiger partial charge < -0.3 is 14.5 Å². The summed E-state index contributed by atoms with van der Waals surface area (Å²) in [7, 11) is 1.64. The van der Waals surface area contributed by atoms with E-state index in [-0.39, 0.29) is 11.0 Å². The first kappa shape index (κ1) is 16.7. The van der Waals surface area contributed by atoms with Crippen LogP contribution in [-0.2, 0) is 11.8 Å². The van der Waals surface area contributed by atoms with E-state index >= 15 is 0 Å². The Morgan fingerprint density at radius 3 is 2.62 bits per heavy atom. The van der Waals surface area contributed by atoms with Crippen LogP contribution in [0.4, 0.5) is 11.4 Å². The molecule has 4 heteroatoms. The molecule has 0 saturated carbocycles. The van der Waals surface area contributed by atoms with Crippen LogP contribution in [0.2, 0.25) is 0 Å². The van der Waals surface area contributed by atoms with E-state index in [4.69, 9.17) is 9.15 Å². The first-order chi connectivity index (χ1) is 12.5. The van der Waals surface area contributed by atoms with E-state index in [1.165, 1.54) is 17.2 Å². The van der Waals surface area contributed by atoms with Crippen LogP contribution < -0.4 is 15.7 Å². The molecule has 3 aromatic rings. The molecule has 0 amide bonds. The maximum absolute atomic E-state index is 12.2. The molecule has 1 aromatic heterocycles. The molecule has 0 atom stereocenters. The number of aryl methyl sites for hydroxylation is 1. The van der Waals surface area contributed by atoms with E-state index in [0.29, 0.717) is 0 Å². The fourth-order valence-corrected chi connectivity index (χ4v) is 3.94. The lowest BCUT2D eigenvalue weighted by Gasteiger charge is -2.32. The molecular formula is C22H23NO3. The standard InChI is InChI=1S/C22H23NO3/c1-22(2)12-4-5-16-18(22)11-10-17-19(13-20(24)26-21(16)17)23-14-6-8-15(25-3)9-7-14/h6-11,13,23H,4-5,12H2,1-3H3. The van der Waals surface area contributed by atoms with Crippen LogP contribution in [-0.4, -0.2) is 7.11 Å². The molecule has 26 heavy (non-hydrogen) atoms. The number of fused-ring (bicyclic) bond motifs is 3. The van der Waals surface area contributed by atoms with Crippen LogP contribution in [0.3, 0.4) is 0 Å². The van der Waals surface area contributed by atoms with E-state index in [0.717, 1.165) is 47.4 Å². The van der Waals surface area contributed by atoms with Crippen molar-refractivity contribution in [3.8, 4) is 5.75 Å². The highest BCUT2D eigenvalue weighted by Crippen LogP contribution is 2.41. The highest BCUT2D eigenvalue weighted by molar-refractivity contribution is 5.94. The second-order valence-electron chi connectivity index (χ2n) is 7.54. The van der Waals surface area contributed by atoms with E-state index in [9.17, 15) is 4.79 Å². The first-order valence-corrected chi connectivity index (χ1v) is 8.99. The van der Waals surface area contributed by atoms with Gasteiger partial charge in [0.2, 0.25) is 0 Å². The van der Waals surface area contributed by atoms with Crippen LogP contribution in [0, 0.1) is 0 Å². The SMILES string of the molecule is COc1ccc(Nc2cc(=O)oc3c4c(ccc23)C(C)(C)CCC4)cc1. The summed E-state index contributed by atoms with van der Waals surface area (Å²) in [6.45, 7) is 4.52. The number of benzene rings is 2. The summed E-state index contributed by atoms with van der Waals surface area (Å²) < 4.78 is 10.9. The molecule has 0 spiro atoms. The van der Waals surface area contributed by atoms with Crippen molar-refractivity contribution in [2.75, 3.05) is 12.4 Å².